The van der Waals surface area contributed by atoms with E-state index in [0.717, 1.165) is 30.4 Å². The Balaban J connectivity index is 0.00000169. The van der Waals surface area contributed by atoms with Crippen LogP contribution >= 0.6 is 24.8 Å². The molecular weight excluding hydrogens is 373 g/mol. The molecule has 0 aliphatic carbocycles. The monoisotopic (exact) mass is 395 g/mol. The zero-order valence-electron chi connectivity index (χ0n) is 14.5. The SMILES string of the molecule is CCCNCCNC(=O)c1cc(-c2ccco2)nc2ccccc12.Cl.Cl. The molecule has 0 bridgehead atoms. The standard InChI is InChI=1S/C19H21N3O2.2ClH/c1-2-9-20-10-11-21-19(23)15-13-17(18-8-5-12-24-18)22-16-7-4-3-6-14(15)16;;/h3-8,12-13,20H,2,9-11H2,1H3,(H,21,23);2*1H. The maximum absolute atomic E-state index is 12.6. The molecule has 2 N–H and O–H groups in total. The number of furan rings is 1. The van der Waals surface area contributed by atoms with Crippen molar-refractivity contribution < 1.29 is 9.21 Å². The second-order valence-corrected chi connectivity index (χ2v) is 5.56. The molecule has 0 radical (unpaired) electrons. The average molecular weight is 396 g/mol. The topological polar surface area (TPSA) is 67.2 Å². The Morgan fingerprint density at radius 3 is 2.62 bits per heavy atom. The predicted molar refractivity (Wildman–Crippen MR) is 109 cm³/mol. The molecule has 0 aliphatic heterocycles. The molecule has 1 amide bonds. The Bertz CT molecular complexity index is 823. The first-order valence-corrected chi connectivity index (χ1v) is 8.22. The van der Waals surface area contributed by atoms with Gasteiger partial charge in [0.1, 0.15) is 5.69 Å². The summed E-state index contributed by atoms with van der Waals surface area (Å²) < 4.78 is 5.42. The number of para-hydroxylation sites is 1. The van der Waals surface area contributed by atoms with E-state index in [-0.39, 0.29) is 30.7 Å². The highest BCUT2D eigenvalue weighted by Gasteiger charge is 2.14. The third-order valence-electron chi connectivity index (χ3n) is 3.75. The van der Waals surface area contributed by atoms with Gasteiger partial charge in [0.05, 0.1) is 17.3 Å². The molecule has 140 valence electrons. The van der Waals surface area contributed by atoms with E-state index in [9.17, 15) is 4.79 Å². The highest BCUT2D eigenvalue weighted by molar-refractivity contribution is 6.07. The van der Waals surface area contributed by atoms with Crippen LogP contribution in [-0.2, 0) is 0 Å². The van der Waals surface area contributed by atoms with Crippen molar-refractivity contribution in [3.05, 3.63) is 54.3 Å². The smallest absolute Gasteiger partial charge is 0.252 e. The number of aromatic nitrogens is 1. The highest BCUT2D eigenvalue weighted by atomic mass is 35.5. The van der Waals surface area contributed by atoms with Crippen LogP contribution in [0, 0.1) is 0 Å². The number of pyridine rings is 1. The first-order valence-electron chi connectivity index (χ1n) is 8.22. The second kappa shape index (κ2) is 10.8. The Morgan fingerprint density at radius 2 is 1.88 bits per heavy atom. The zero-order valence-corrected chi connectivity index (χ0v) is 16.2. The van der Waals surface area contributed by atoms with Crippen molar-refractivity contribution in [3.8, 4) is 11.5 Å². The summed E-state index contributed by atoms with van der Waals surface area (Å²) >= 11 is 0. The predicted octanol–water partition coefficient (Wildman–Crippen LogP) is 4.07. The molecule has 7 heteroatoms. The highest BCUT2D eigenvalue weighted by Crippen LogP contribution is 2.25. The number of rotatable bonds is 7. The largest absolute Gasteiger partial charge is 0.463 e. The lowest BCUT2D eigenvalue weighted by molar-refractivity contribution is 0.0955. The lowest BCUT2D eigenvalue weighted by atomic mass is 10.1. The van der Waals surface area contributed by atoms with Gasteiger partial charge in [-0.2, -0.15) is 0 Å². The minimum Gasteiger partial charge on any atom is -0.463 e. The maximum Gasteiger partial charge on any atom is 0.252 e. The first-order chi connectivity index (χ1) is 11.8. The van der Waals surface area contributed by atoms with Gasteiger partial charge in [-0.1, -0.05) is 25.1 Å². The molecule has 3 rings (SSSR count). The number of halogens is 2. The number of benzene rings is 1. The van der Waals surface area contributed by atoms with Crippen LogP contribution in [0.25, 0.3) is 22.4 Å². The van der Waals surface area contributed by atoms with Crippen molar-refractivity contribution in [1.82, 2.24) is 15.6 Å². The Hall–Kier alpha value is -2.08. The molecule has 0 unspecified atom stereocenters. The van der Waals surface area contributed by atoms with E-state index in [2.05, 4.69) is 22.5 Å². The summed E-state index contributed by atoms with van der Waals surface area (Å²) in [7, 11) is 0. The number of nitrogens with zero attached hydrogens (tertiary/aromatic N) is 1. The summed E-state index contributed by atoms with van der Waals surface area (Å²) in [6, 6.07) is 13.1. The molecule has 0 spiro atoms. The van der Waals surface area contributed by atoms with Crippen LogP contribution < -0.4 is 10.6 Å². The molecule has 0 atom stereocenters. The van der Waals surface area contributed by atoms with Crippen LogP contribution in [0.4, 0.5) is 0 Å². The quantitative estimate of drug-likeness (QED) is 0.591. The van der Waals surface area contributed by atoms with Crippen LogP contribution in [0.2, 0.25) is 0 Å². The lowest BCUT2D eigenvalue weighted by Crippen LogP contribution is -2.32. The minimum absolute atomic E-state index is 0. The van der Waals surface area contributed by atoms with Gasteiger partial charge in [0.25, 0.3) is 5.91 Å². The molecule has 0 saturated carbocycles. The number of hydrogen-bond donors (Lipinski definition) is 2. The van der Waals surface area contributed by atoms with E-state index in [1.54, 1.807) is 12.3 Å². The van der Waals surface area contributed by atoms with Gasteiger partial charge in [-0.15, -0.1) is 24.8 Å². The number of carbonyl (C=O) groups is 1. The number of amides is 1. The average Bonchev–Trinajstić information content (AvgIpc) is 3.15. The third-order valence-corrected chi connectivity index (χ3v) is 3.75. The van der Waals surface area contributed by atoms with Crippen molar-refractivity contribution in [2.24, 2.45) is 0 Å². The van der Waals surface area contributed by atoms with Crippen LogP contribution in [0.15, 0.2) is 53.1 Å². The third kappa shape index (κ3) is 5.21. The molecule has 5 nitrogen and oxygen atoms in total. The van der Waals surface area contributed by atoms with Crippen molar-refractivity contribution in [2.75, 3.05) is 19.6 Å². The van der Waals surface area contributed by atoms with E-state index in [1.165, 1.54) is 0 Å². The van der Waals surface area contributed by atoms with Crippen molar-refractivity contribution in [1.29, 1.82) is 0 Å². The van der Waals surface area contributed by atoms with E-state index >= 15 is 0 Å². The Labute approximate surface area is 165 Å². The van der Waals surface area contributed by atoms with Gasteiger partial charge >= 0.3 is 0 Å². The molecule has 3 aromatic rings. The van der Waals surface area contributed by atoms with Crippen LogP contribution in [0.1, 0.15) is 23.7 Å². The Morgan fingerprint density at radius 1 is 1.08 bits per heavy atom. The summed E-state index contributed by atoms with van der Waals surface area (Å²) in [6.45, 7) is 4.42. The summed E-state index contributed by atoms with van der Waals surface area (Å²) in [5.41, 5.74) is 2.05. The van der Waals surface area contributed by atoms with Crippen molar-refractivity contribution in [3.63, 3.8) is 0 Å². The van der Waals surface area contributed by atoms with Gasteiger partial charge in [-0.3, -0.25) is 4.79 Å². The number of fused-ring (bicyclic) bond motifs is 1. The number of hydrogen-bond acceptors (Lipinski definition) is 4. The fourth-order valence-corrected chi connectivity index (χ4v) is 2.58. The fraction of sp³-hybridized carbons (Fsp3) is 0.263. The summed E-state index contributed by atoms with van der Waals surface area (Å²) in [5, 5.41) is 7.07. The molecule has 1 aromatic carbocycles. The van der Waals surface area contributed by atoms with Gasteiger partial charge in [0.15, 0.2) is 5.76 Å². The van der Waals surface area contributed by atoms with Gasteiger partial charge in [-0.05, 0) is 37.2 Å². The van der Waals surface area contributed by atoms with Crippen molar-refractivity contribution in [2.45, 2.75) is 13.3 Å². The maximum atomic E-state index is 12.6. The van der Waals surface area contributed by atoms with E-state index < -0.39 is 0 Å². The summed E-state index contributed by atoms with van der Waals surface area (Å²) in [5.74, 6) is 0.555. The molecule has 2 aromatic heterocycles. The van der Waals surface area contributed by atoms with E-state index in [0.29, 0.717) is 23.6 Å². The number of carbonyl (C=O) groups excluding carboxylic acids is 1. The van der Waals surface area contributed by atoms with E-state index in [1.807, 2.05) is 36.4 Å². The van der Waals surface area contributed by atoms with Crippen LogP contribution in [0.5, 0.6) is 0 Å². The lowest BCUT2D eigenvalue weighted by Gasteiger charge is -2.10. The zero-order chi connectivity index (χ0) is 16.8. The Kier molecular flexibility index (Phi) is 9.13. The van der Waals surface area contributed by atoms with Gasteiger partial charge < -0.3 is 15.1 Å². The normalized spacial score (nSPS) is 10.0. The molecular formula is C19H23Cl2N3O2. The fourth-order valence-electron chi connectivity index (χ4n) is 2.58. The summed E-state index contributed by atoms with van der Waals surface area (Å²) in [4.78, 5) is 17.2. The van der Waals surface area contributed by atoms with Crippen LogP contribution in [0.3, 0.4) is 0 Å². The van der Waals surface area contributed by atoms with Gasteiger partial charge in [0, 0.05) is 18.5 Å². The van der Waals surface area contributed by atoms with E-state index in [4.69, 9.17) is 4.42 Å². The van der Waals surface area contributed by atoms with Gasteiger partial charge in [0.2, 0.25) is 0 Å². The van der Waals surface area contributed by atoms with Crippen LogP contribution in [-0.4, -0.2) is 30.5 Å². The van der Waals surface area contributed by atoms with Gasteiger partial charge in [-0.25, -0.2) is 4.98 Å². The summed E-state index contributed by atoms with van der Waals surface area (Å²) in [6.07, 6.45) is 2.68. The molecule has 0 aliphatic rings. The molecule has 0 fully saturated rings. The number of nitrogens with one attached hydrogen (secondary N) is 2. The minimum atomic E-state index is -0.0975. The molecule has 26 heavy (non-hydrogen) atoms. The van der Waals surface area contributed by atoms with Crippen molar-refractivity contribution >= 4 is 41.6 Å². The molecule has 0 saturated heterocycles. The molecule has 2 heterocycles. The second-order valence-electron chi connectivity index (χ2n) is 5.56. The first kappa shape index (κ1) is 22.0.